The second kappa shape index (κ2) is 9.93. The third-order valence-corrected chi connectivity index (χ3v) is 7.73. The monoisotopic (exact) mass is 523 g/mol. The van der Waals surface area contributed by atoms with Crippen LogP contribution in [0.25, 0.3) is 11.3 Å². The third-order valence-electron chi connectivity index (χ3n) is 6.77. The van der Waals surface area contributed by atoms with Crippen molar-refractivity contribution in [3.8, 4) is 11.3 Å². The van der Waals surface area contributed by atoms with Crippen LogP contribution in [0.3, 0.4) is 0 Å². The Morgan fingerprint density at radius 3 is 2.56 bits per heavy atom. The average Bonchev–Trinajstić information content (AvgIpc) is 3.57. The van der Waals surface area contributed by atoms with E-state index >= 15 is 4.39 Å². The molecule has 2 aromatic heterocycles. The van der Waals surface area contributed by atoms with Gasteiger partial charge in [-0.05, 0) is 63.4 Å². The molecule has 1 aromatic carbocycles. The molecule has 2 aliphatic heterocycles. The highest BCUT2D eigenvalue weighted by Gasteiger charge is 2.32. The normalized spacial score (nSPS) is 18.8. The highest BCUT2D eigenvalue weighted by atomic mass is 32.1. The zero-order valence-electron chi connectivity index (χ0n) is 19.7. The Balaban J connectivity index is 1.52. The van der Waals surface area contributed by atoms with E-state index in [9.17, 15) is 17.6 Å². The maximum Gasteiger partial charge on any atom is 0.416 e. The van der Waals surface area contributed by atoms with Crippen molar-refractivity contribution in [2.75, 3.05) is 29.9 Å². The summed E-state index contributed by atoms with van der Waals surface area (Å²) in [6.07, 6.45) is 0.856. The van der Waals surface area contributed by atoms with Gasteiger partial charge in [-0.2, -0.15) is 13.2 Å². The van der Waals surface area contributed by atoms with Crippen molar-refractivity contribution in [2.45, 2.75) is 51.4 Å². The molecule has 0 spiro atoms. The number of benzene rings is 1. The summed E-state index contributed by atoms with van der Waals surface area (Å²) in [7, 11) is 0. The van der Waals surface area contributed by atoms with Gasteiger partial charge >= 0.3 is 6.18 Å². The van der Waals surface area contributed by atoms with Crippen molar-refractivity contribution in [3.63, 3.8) is 0 Å². The maximum absolute atomic E-state index is 15.3. The Labute approximate surface area is 210 Å². The number of rotatable bonds is 6. The van der Waals surface area contributed by atoms with Crippen molar-refractivity contribution < 1.29 is 22.0 Å². The van der Waals surface area contributed by atoms with Crippen molar-refractivity contribution >= 4 is 28.0 Å². The molecule has 1 N–H and O–H groups in total. The zero-order valence-corrected chi connectivity index (χ0v) is 20.5. The summed E-state index contributed by atoms with van der Waals surface area (Å²) in [5.74, 6) is -1.50. The smallest absolute Gasteiger partial charge is 0.369 e. The third kappa shape index (κ3) is 5.17. The lowest BCUT2D eigenvalue weighted by molar-refractivity contribution is -0.137. The molecule has 1 unspecified atom stereocenters. The Bertz CT molecular complexity index is 1240. The number of alkyl halides is 3. The molecule has 36 heavy (non-hydrogen) atoms. The number of halogens is 5. The van der Waals surface area contributed by atoms with E-state index in [0.717, 1.165) is 57.5 Å². The molecule has 11 heteroatoms. The van der Waals surface area contributed by atoms with Gasteiger partial charge in [-0.3, -0.25) is 4.90 Å². The fourth-order valence-corrected chi connectivity index (χ4v) is 5.87. The molecule has 0 saturated carbocycles. The van der Waals surface area contributed by atoms with Gasteiger partial charge < -0.3 is 10.2 Å². The van der Waals surface area contributed by atoms with Crippen LogP contribution in [0.2, 0.25) is 0 Å². The predicted molar refractivity (Wildman–Crippen MR) is 131 cm³/mol. The number of nitrogens with one attached hydrogen (secondary N) is 1. The second-order valence-electron chi connectivity index (χ2n) is 9.29. The van der Waals surface area contributed by atoms with E-state index in [0.29, 0.717) is 29.2 Å². The van der Waals surface area contributed by atoms with E-state index in [1.165, 1.54) is 17.5 Å². The lowest BCUT2D eigenvalue weighted by Gasteiger charge is -2.20. The number of hydrogen-bond acceptors (Lipinski definition) is 6. The van der Waals surface area contributed by atoms with E-state index in [2.05, 4.69) is 27.1 Å². The highest BCUT2D eigenvalue weighted by Crippen LogP contribution is 2.39. The summed E-state index contributed by atoms with van der Waals surface area (Å²) in [5, 5.41) is 3.21. The largest absolute Gasteiger partial charge is 0.416 e. The summed E-state index contributed by atoms with van der Waals surface area (Å²) in [5.41, 5.74) is -0.338. The van der Waals surface area contributed by atoms with Gasteiger partial charge in [0.15, 0.2) is 16.8 Å². The first kappa shape index (κ1) is 24.9. The minimum absolute atomic E-state index is 0.00369. The number of thiazole rings is 1. The lowest BCUT2D eigenvalue weighted by atomic mass is 10.1. The maximum atomic E-state index is 15.3. The van der Waals surface area contributed by atoms with E-state index < -0.39 is 23.4 Å². The summed E-state index contributed by atoms with van der Waals surface area (Å²) >= 11 is 1.22. The Morgan fingerprint density at radius 1 is 1.08 bits per heavy atom. The molecule has 1 atom stereocenters. The average molecular weight is 524 g/mol. The topological polar surface area (TPSA) is 44.3 Å². The molecule has 2 aliphatic rings. The molecule has 4 heterocycles. The van der Waals surface area contributed by atoms with Gasteiger partial charge in [-0.25, -0.2) is 18.7 Å². The quantitative estimate of drug-likeness (QED) is 0.359. The molecule has 0 radical (unpaired) electrons. The summed E-state index contributed by atoms with van der Waals surface area (Å²) in [6.45, 7) is 4.94. The minimum atomic E-state index is -4.69. The number of aromatic nitrogens is 2. The predicted octanol–water partition coefficient (Wildman–Crippen LogP) is 6.83. The summed E-state index contributed by atoms with van der Waals surface area (Å²) in [6, 6.07) is 4.38. The summed E-state index contributed by atoms with van der Waals surface area (Å²) in [4.78, 5) is 13.5. The molecule has 192 valence electrons. The van der Waals surface area contributed by atoms with Crippen LogP contribution in [0.1, 0.15) is 43.0 Å². The highest BCUT2D eigenvalue weighted by molar-refractivity contribution is 7.16. The van der Waals surface area contributed by atoms with Gasteiger partial charge in [-0.1, -0.05) is 11.3 Å². The fourth-order valence-electron chi connectivity index (χ4n) is 4.86. The van der Waals surface area contributed by atoms with Crippen molar-refractivity contribution in [2.24, 2.45) is 0 Å². The van der Waals surface area contributed by atoms with Crippen LogP contribution in [0.5, 0.6) is 0 Å². The molecular weight excluding hydrogens is 497 g/mol. The molecule has 3 aromatic rings. The number of nitrogens with zero attached hydrogens (tertiary/aromatic N) is 4. The molecule has 0 amide bonds. The van der Waals surface area contributed by atoms with Crippen LogP contribution in [-0.4, -0.2) is 40.5 Å². The molecule has 2 saturated heterocycles. The van der Waals surface area contributed by atoms with Crippen molar-refractivity contribution in [1.29, 1.82) is 0 Å². The van der Waals surface area contributed by atoms with E-state index in [1.54, 1.807) is 6.07 Å². The van der Waals surface area contributed by atoms with Crippen LogP contribution < -0.4 is 10.2 Å². The fraction of sp³-hybridized carbons (Fsp3) is 0.440. The van der Waals surface area contributed by atoms with E-state index in [4.69, 9.17) is 0 Å². The molecule has 0 aliphatic carbocycles. The molecular formula is C25H26F5N5S. The molecule has 0 bridgehead atoms. The number of likely N-dealkylation sites (tertiary alicyclic amines) is 1. The standard InChI is InChI=1S/C25H26F5N5S/c1-15-5-4-10-35(15)14-20-22(16-11-17(25(28,29)30)13-18(26)12-16)32-24(36-20)33-23-21(27)19(6-7-31-23)34-8-2-3-9-34/h6-7,11-13,15H,2-5,8-10,14H2,1H3,(H,31,32,33). The molecule has 5 rings (SSSR count). The lowest BCUT2D eigenvalue weighted by Crippen LogP contribution is -2.25. The number of hydrogen-bond donors (Lipinski definition) is 1. The Morgan fingerprint density at radius 2 is 1.86 bits per heavy atom. The first-order chi connectivity index (χ1) is 17.2. The first-order valence-electron chi connectivity index (χ1n) is 12.0. The van der Waals surface area contributed by atoms with Gasteiger partial charge in [0.1, 0.15) is 5.82 Å². The SMILES string of the molecule is CC1CCCN1Cc1sc(Nc2nccc(N3CCCC3)c2F)nc1-c1cc(F)cc(C(F)(F)F)c1. The Kier molecular flexibility index (Phi) is 6.86. The molecule has 2 fully saturated rings. The van der Waals surface area contributed by atoms with Gasteiger partial charge in [0.2, 0.25) is 0 Å². The van der Waals surface area contributed by atoms with Gasteiger partial charge in [-0.15, -0.1) is 0 Å². The van der Waals surface area contributed by atoms with Gasteiger partial charge in [0.05, 0.1) is 16.9 Å². The van der Waals surface area contributed by atoms with Gasteiger partial charge in [0.25, 0.3) is 0 Å². The van der Waals surface area contributed by atoms with Crippen LogP contribution in [0.4, 0.5) is 38.6 Å². The minimum Gasteiger partial charge on any atom is -0.369 e. The Hall–Kier alpha value is -2.79. The summed E-state index contributed by atoms with van der Waals surface area (Å²) < 4.78 is 69.7. The van der Waals surface area contributed by atoms with Crippen molar-refractivity contribution in [3.05, 3.63) is 52.5 Å². The molecule has 5 nitrogen and oxygen atoms in total. The van der Waals surface area contributed by atoms with E-state index in [1.807, 2.05) is 4.90 Å². The van der Waals surface area contributed by atoms with Crippen LogP contribution >= 0.6 is 11.3 Å². The zero-order chi connectivity index (χ0) is 25.4. The second-order valence-corrected chi connectivity index (χ2v) is 10.4. The van der Waals surface area contributed by atoms with Crippen LogP contribution in [0.15, 0.2) is 30.5 Å². The van der Waals surface area contributed by atoms with Crippen molar-refractivity contribution in [1.82, 2.24) is 14.9 Å². The first-order valence-corrected chi connectivity index (χ1v) is 12.8. The van der Waals surface area contributed by atoms with Crippen LogP contribution in [0, 0.1) is 11.6 Å². The van der Waals surface area contributed by atoms with Gasteiger partial charge in [0, 0.05) is 42.3 Å². The number of pyridine rings is 1. The number of anilines is 3. The van der Waals surface area contributed by atoms with E-state index in [-0.39, 0.29) is 22.2 Å². The van der Waals surface area contributed by atoms with Crippen LogP contribution in [-0.2, 0) is 12.7 Å².